The minimum Gasteiger partial charge on any atom is -0.349 e. The third-order valence-corrected chi connectivity index (χ3v) is 4.77. The Bertz CT molecular complexity index is 625. The number of piperazine rings is 1. The lowest BCUT2D eigenvalue weighted by Gasteiger charge is -2.33. The van der Waals surface area contributed by atoms with Crippen LogP contribution in [0.25, 0.3) is 11.4 Å². The van der Waals surface area contributed by atoms with E-state index in [1.165, 1.54) is 0 Å². The van der Waals surface area contributed by atoms with Crippen molar-refractivity contribution in [2.24, 2.45) is 7.05 Å². The fraction of sp³-hybridized carbons (Fsp3) is 0.467. The van der Waals surface area contributed by atoms with Crippen molar-refractivity contribution in [3.8, 4) is 11.4 Å². The van der Waals surface area contributed by atoms with Crippen LogP contribution < -0.4 is 0 Å². The number of hydrogen-bond acceptors (Lipinski definition) is 4. The Morgan fingerprint density at radius 2 is 2.10 bits per heavy atom. The second kappa shape index (κ2) is 5.99. The van der Waals surface area contributed by atoms with Crippen molar-refractivity contribution < 1.29 is 4.79 Å². The SMILES string of the molecule is CC(=O)N1CCN(Cc2nc(-c3cccn3C)cs2)CC1. The van der Waals surface area contributed by atoms with Gasteiger partial charge in [0.05, 0.1) is 17.9 Å². The van der Waals surface area contributed by atoms with Gasteiger partial charge in [0.25, 0.3) is 0 Å². The highest BCUT2D eigenvalue weighted by Gasteiger charge is 2.19. The van der Waals surface area contributed by atoms with Crippen molar-refractivity contribution in [3.63, 3.8) is 0 Å². The third-order valence-electron chi connectivity index (χ3n) is 3.93. The Labute approximate surface area is 128 Å². The van der Waals surface area contributed by atoms with Crippen LogP contribution in [-0.2, 0) is 18.4 Å². The predicted molar refractivity (Wildman–Crippen MR) is 84.1 cm³/mol. The van der Waals surface area contributed by atoms with Crippen molar-refractivity contribution in [3.05, 3.63) is 28.7 Å². The molecule has 0 aromatic carbocycles. The van der Waals surface area contributed by atoms with Gasteiger partial charge < -0.3 is 9.47 Å². The molecule has 1 saturated heterocycles. The largest absolute Gasteiger partial charge is 0.349 e. The number of amides is 1. The molecule has 3 rings (SSSR count). The van der Waals surface area contributed by atoms with Crippen LogP contribution in [0.4, 0.5) is 0 Å². The van der Waals surface area contributed by atoms with Gasteiger partial charge in [0.2, 0.25) is 5.91 Å². The zero-order valence-corrected chi connectivity index (χ0v) is 13.3. The van der Waals surface area contributed by atoms with Gasteiger partial charge in [-0.1, -0.05) is 0 Å². The molecule has 1 fully saturated rings. The molecular weight excluding hydrogens is 284 g/mol. The summed E-state index contributed by atoms with van der Waals surface area (Å²) in [6, 6.07) is 4.12. The summed E-state index contributed by atoms with van der Waals surface area (Å²) in [6.07, 6.45) is 2.04. The van der Waals surface area contributed by atoms with Gasteiger partial charge in [-0.15, -0.1) is 11.3 Å². The first-order valence-electron chi connectivity index (χ1n) is 7.17. The molecule has 1 aliphatic rings. The Morgan fingerprint density at radius 3 is 2.71 bits per heavy atom. The second-order valence-corrected chi connectivity index (χ2v) is 6.36. The molecule has 0 N–H and O–H groups in total. The number of carbonyl (C=O) groups excluding carboxylic acids is 1. The lowest BCUT2D eigenvalue weighted by Crippen LogP contribution is -2.47. The molecule has 2 aromatic rings. The van der Waals surface area contributed by atoms with Gasteiger partial charge in [-0.05, 0) is 12.1 Å². The Morgan fingerprint density at radius 1 is 1.33 bits per heavy atom. The van der Waals surface area contributed by atoms with Gasteiger partial charge in [-0.3, -0.25) is 9.69 Å². The molecule has 2 aromatic heterocycles. The summed E-state index contributed by atoms with van der Waals surface area (Å²) in [5, 5.41) is 3.26. The number of rotatable bonds is 3. The van der Waals surface area contributed by atoms with Gasteiger partial charge in [0.15, 0.2) is 0 Å². The molecule has 6 heteroatoms. The maximum absolute atomic E-state index is 11.3. The average Bonchev–Trinajstić information content (AvgIpc) is 3.08. The summed E-state index contributed by atoms with van der Waals surface area (Å²) < 4.78 is 2.09. The van der Waals surface area contributed by atoms with Crippen molar-refractivity contribution in [2.75, 3.05) is 26.2 Å². The van der Waals surface area contributed by atoms with Gasteiger partial charge in [-0.25, -0.2) is 4.98 Å². The molecule has 1 aliphatic heterocycles. The highest BCUT2D eigenvalue weighted by Crippen LogP contribution is 2.23. The van der Waals surface area contributed by atoms with Crippen LogP contribution in [0.2, 0.25) is 0 Å². The molecule has 0 bridgehead atoms. The average molecular weight is 304 g/mol. The van der Waals surface area contributed by atoms with E-state index >= 15 is 0 Å². The van der Waals surface area contributed by atoms with Gasteiger partial charge in [0.1, 0.15) is 5.01 Å². The summed E-state index contributed by atoms with van der Waals surface area (Å²) in [4.78, 5) is 20.3. The molecule has 0 saturated carbocycles. The third kappa shape index (κ3) is 3.16. The minimum absolute atomic E-state index is 0.176. The zero-order chi connectivity index (χ0) is 14.8. The van der Waals surface area contributed by atoms with E-state index < -0.39 is 0 Å². The predicted octanol–water partition coefficient (Wildman–Crippen LogP) is 1.81. The van der Waals surface area contributed by atoms with Crippen LogP contribution in [0.15, 0.2) is 23.7 Å². The van der Waals surface area contributed by atoms with Crippen LogP contribution in [-0.4, -0.2) is 51.4 Å². The van der Waals surface area contributed by atoms with Crippen LogP contribution in [0.1, 0.15) is 11.9 Å². The monoisotopic (exact) mass is 304 g/mol. The van der Waals surface area contributed by atoms with Crippen LogP contribution >= 0.6 is 11.3 Å². The van der Waals surface area contributed by atoms with Gasteiger partial charge in [0, 0.05) is 51.7 Å². The van der Waals surface area contributed by atoms with E-state index in [0.29, 0.717) is 0 Å². The van der Waals surface area contributed by atoms with E-state index in [4.69, 9.17) is 4.98 Å². The molecule has 0 unspecified atom stereocenters. The maximum atomic E-state index is 11.3. The first-order valence-corrected chi connectivity index (χ1v) is 8.05. The number of carbonyl (C=O) groups is 1. The molecule has 0 spiro atoms. The zero-order valence-electron chi connectivity index (χ0n) is 12.5. The van der Waals surface area contributed by atoms with E-state index in [1.807, 2.05) is 24.2 Å². The number of hydrogen-bond donors (Lipinski definition) is 0. The Hall–Kier alpha value is -1.66. The first-order chi connectivity index (χ1) is 10.1. The van der Waals surface area contributed by atoms with Crippen molar-refractivity contribution in [1.82, 2.24) is 19.4 Å². The van der Waals surface area contributed by atoms with Crippen molar-refractivity contribution in [1.29, 1.82) is 0 Å². The summed E-state index contributed by atoms with van der Waals surface area (Å²) in [5.41, 5.74) is 2.20. The van der Waals surface area contributed by atoms with Crippen LogP contribution in [0, 0.1) is 0 Å². The van der Waals surface area contributed by atoms with Crippen LogP contribution in [0.3, 0.4) is 0 Å². The summed E-state index contributed by atoms with van der Waals surface area (Å²) in [6.45, 7) is 6.03. The second-order valence-electron chi connectivity index (χ2n) is 5.41. The summed E-state index contributed by atoms with van der Waals surface area (Å²) in [7, 11) is 2.04. The molecule has 0 atom stereocenters. The molecular formula is C15H20N4OS. The highest BCUT2D eigenvalue weighted by atomic mass is 32.1. The standard InChI is InChI=1S/C15H20N4OS/c1-12(20)19-8-6-18(7-9-19)10-15-16-13(11-21-15)14-4-3-5-17(14)2/h3-5,11H,6-10H2,1-2H3. The summed E-state index contributed by atoms with van der Waals surface area (Å²) >= 11 is 1.71. The Balaban J connectivity index is 1.61. The fourth-order valence-electron chi connectivity index (χ4n) is 2.64. The number of thiazole rings is 1. The number of aryl methyl sites for hydroxylation is 1. The van der Waals surface area contributed by atoms with Crippen LogP contribution in [0.5, 0.6) is 0 Å². The van der Waals surface area contributed by atoms with Gasteiger partial charge >= 0.3 is 0 Å². The molecule has 3 heterocycles. The lowest BCUT2D eigenvalue weighted by molar-refractivity contribution is -0.130. The lowest BCUT2D eigenvalue weighted by atomic mass is 10.3. The molecule has 0 radical (unpaired) electrons. The summed E-state index contributed by atoms with van der Waals surface area (Å²) in [5.74, 6) is 0.176. The van der Waals surface area contributed by atoms with Gasteiger partial charge in [-0.2, -0.15) is 0 Å². The van der Waals surface area contributed by atoms with E-state index in [2.05, 4.69) is 20.9 Å². The highest BCUT2D eigenvalue weighted by molar-refractivity contribution is 7.09. The van der Waals surface area contributed by atoms with E-state index in [9.17, 15) is 4.79 Å². The smallest absolute Gasteiger partial charge is 0.219 e. The maximum Gasteiger partial charge on any atom is 0.219 e. The topological polar surface area (TPSA) is 41.4 Å². The molecule has 0 aliphatic carbocycles. The van der Waals surface area contributed by atoms with Crippen molar-refractivity contribution >= 4 is 17.2 Å². The molecule has 5 nitrogen and oxygen atoms in total. The number of aromatic nitrogens is 2. The quantitative estimate of drug-likeness (QED) is 0.868. The van der Waals surface area contributed by atoms with E-state index in [1.54, 1.807) is 18.3 Å². The normalized spacial score (nSPS) is 16.4. The number of nitrogens with zero attached hydrogens (tertiary/aromatic N) is 4. The Kier molecular flexibility index (Phi) is 4.07. The fourth-order valence-corrected chi connectivity index (χ4v) is 3.47. The van der Waals surface area contributed by atoms with E-state index in [0.717, 1.165) is 49.1 Å². The van der Waals surface area contributed by atoms with Crippen molar-refractivity contribution in [2.45, 2.75) is 13.5 Å². The molecule has 112 valence electrons. The molecule has 1 amide bonds. The van der Waals surface area contributed by atoms with E-state index in [-0.39, 0.29) is 5.91 Å². The minimum atomic E-state index is 0.176. The first kappa shape index (κ1) is 14.3. The molecule has 21 heavy (non-hydrogen) atoms.